The molecule has 1 aromatic carbocycles. The highest BCUT2D eigenvalue weighted by Crippen LogP contribution is 2.36. The smallest absolute Gasteiger partial charge is 0.273 e. The minimum absolute atomic E-state index is 0. The molecule has 8 nitrogen and oxygen atoms in total. The van der Waals surface area contributed by atoms with Crippen LogP contribution >= 0.6 is 22.7 Å². The van der Waals surface area contributed by atoms with Gasteiger partial charge in [-0.3, -0.25) is 14.2 Å². The van der Waals surface area contributed by atoms with Gasteiger partial charge in [0.05, 0.1) is 30.0 Å². The van der Waals surface area contributed by atoms with Crippen molar-refractivity contribution in [3.05, 3.63) is 82.9 Å². The molecule has 0 unspecified atom stereocenters. The molecule has 11 heteroatoms. The zero-order valence-corrected chi connectivity index (χ0v) is 25.4. The number of pyridine rings is 1. The molecular formula is C31H37N5O3S3. The van der Waals surface area contributed by atoms with Gasteiger partial charge < -0.3 is 9.72 Å². The normalized spacial score (nSPS) is 14.7. The summed E-state index contributed by atoms with van der Waals surface area (Å²) in [6.07, 6.45) is 6.07. The lowest BCUT2D eigenvalue weighted by Crippen LogP contribution is -2.34. The third-order valence-electron chi connectivity index (χ3n) is 7.44. The Morgan fingerprint density at radius 2 is 1.95 bits per heavy atom. The van der Waals surface area contributed by atoms with Gasteiger partial charge in [-0.25, -0.2) is 13.4 Å². The molecule has 222 valence electrons. The van der Waals surface area contributed by atoms with Gasteiger partial charge in [0.15, 0.2) is 0 Å². The zero-order chi connectivity index (χ0) is 28.2. The predicted molar refractivity (Wildman–Crippen MR) is 173 cm³/mol. The van der Waals surface area contributed by atoms with E-state index in [1.54, 1.807) is 28.8 Å². The van der Waals surface area contributed by atoms with Gasteiger partial charge in [0.2, 0.25) is 0 Å². The van der Waals surface area contributed by atoms with Crippen molar-refractivity contribution in [2.45, 2.75) is 43.9 Å². The first-order valence-electron chi connectivity index (χ1n) is 13.9. The van der Waals surface area contributed by atoms with Crippen molar-refractivity contribution in [3.8, 4) is 10.7 Å². The fourth-order valence-corrected chi connectivity index (χ4v) is 8.87. The molecule has 4 aromatic heterocycles. The molecule has 0 radical (unpaired) electrons. The number of para-hydroxylation sites is 1. The number of H-pyrrole nitrogens is 1. The number of aromatic amines is 1. The molecule has 1 aliphatic heterocycles. The van der Waals surface area contributed by atoms with E-state index >= 15 is 0 Å². The van der Waals surface area contributed by atoms with Crippen molar-refractivity contribution in [1.29, 1.82) is 0 Å². The highest BCUT2D eigenvalue weighted by atomic mass is 32.2. The summed E-state index contributed by atoms with van der Waals surface area (Å²) in [7, 11) is -3.74. The number of rotatable bonds is 11. The largest absolute Gasteiger partial charge is 0.380 e. The summed E-state index contributed by atoms with van der Waals surface area (Å²) < 4.78 is 34.6. The molecule has 0 amide bonds. The van der Waals surface area contributed by atoms with Gasteiger partial charge in [-0.05, 0) is 68.6 Å². The van der Waals surface area contributed by atoms with E-state index in [2.05, 4.69) is 33.1 Å². The molecule has 1 fully saturated rings. The second-order valence-corrected chi connectivity index (χ2v) is 14.2. The average molecular weight is 624 g/mol. The van der Waals surface area contributed by atoms with Crippen LogP contribution in [0, 0.1) is 0 Å². The molecule has 1 N–H and O–H groups in total. The van der Waals surface area contributed by atoms with Gasteiger partial charge in [-0.1, -0.05) is 31.7 Å². The second-order valence-electron chi connectivity index (χ2n) is 10.1. The third kappa shape index (κ3) is 6.45. The molecule has 1 saturated heterocycles. The Morgan fingerprint density at radius 3 is 2.69 bits per heavy atom. The van der Waals surface area contributed by atoms with E-state index in [4.69, 9.17) is 9.72 Å². The van der Waals surface area contributed by atoms with Crippen LogP contribution in [0.15, 0.2) is 76.6 Å². The Morgan fingerprint density at radius 1 is 1.10 bits per heavy atom. The number of fused-ring (bicyclic) bond motifs is 1. The number of ether oxygens (including phenoxy) is 1. The summed E-state index contributed by atoms with van der Waals surface area (Å²) in [5.74, 6) is 0.529. The number of nitrogens with one attached hydrogen (secondary N) is 1. The van der Waals surface area contributed by atoms with Gasteiger partial charge in [0, 0.05) is 47.4 Å². The zero-order valence-electron chi connectivity index (χ0n) is 22.9. The minimum atomic E-state index is -3.74. The molecule has 42 heavy (non-hydrogen) atoms. The average Bonchev–Trinajstić information content (AvgIpc) is 3.77. The van der Waals surface area contributed by atoms with Crippen LogP contribution in [0.3, 0.4) is 0 Å². The summed E-state index contributed by atoms with van der Waals surface area (Å²) in [5.41, 5.74) is 3.46. The van der Waals surface area contributed by atoms with Gasteiger partial charge in [-0.2, -0.15) is 0 Å². The maximum atomic E-state index is 13.7. The first-order valence-corrected chi connectivity index (χ1v) is 17.0. The summed E-state index contributed by atoms with van der Waals surface area (Å²) >= 11 is 2.90. The Labute approximate surface area is 256 Å². The number of sulfonamides is 1. The first kappa shape index (κ1) is 30.4. The highest BCUT2D eigenvalue weighted by molar-refractivity contribution is 7.94. The number of thiazole rings is 1. The van der Waals surface area contributed by atoms with Gasteiger partial charge >= 0.3 is 0 Å². The summed E-state index contributed by atoms with van der Waals surface area (Å²) in [6.45, 7) is 5.92. The lowest BCUT2D eigenvalue weighted by Gasteiger charge is -2.31. The molecule has 0 bridgehead atoms. The molecule has 0 spiro atoms. The summed E-state index contributed by atoms with van der Waals surface area (Å²) in [4.78, 5) is 16.5. The number of benzene rings is 1. The standard InChI is InChI=1S/C30H33N5O3S3.CH4/c1-2-38-17-16-35(41(36,37)28-10-6-18-39-28)27-9-5-7-23-19-26(33-29(23)27)30-32-20-24(40-30)21-34-14-11-22(12-15-34)25-8-3-4-13-31-25;/h3-10,13,18-20,22,33H,2,11-12,14-17,21H2,1H3;1H4. The van der Waals surface area contributed by atoms with Gasteiger partial charge in [0.25, 0.3) is 10.0 Å². The van der Waals surface area contributed by atoms with E-state index in [0.29, 0.717) is 29.0 Å². The van der Waals surface area contributed by atoms with E-state index in [-0.39, 0.29) is 14.0 Å². The lowest BCUT2D eigenvalue weighted by atomic mass is 9.93. The second kappa shape index (κ2) is 13.5. The predicted octanol–water partition coefficient (Wildman–Crippen LogP) is 7.00. The minimum Gasteiger partial charge on any atom is -0.380 e. The maximum absolute atomic E-state index is 13.7. The Balaban J connectivity index is 0.00000353. The van der Waals surface area contributed by atoms with E-state index in [1.165, 1.54) is 26.2 Å². The molecule has 0 atom stereocenters. The highest BCUT2D eigenvalue weighted by Gasteiger charge is 2.28. The molecule has 6 rings (SSSR count). The van der Waals surface area contributed by atoms with Crippen molar-refractivity contribution in [2.24, 2.45) is 0 Å². The summed E-state index contributed by atoms with van der Waals surface area (Å²) in [5, 5.41) is 3.62. The maximum Gasteiger partial charge on any atom is 0.273 e. The number of thiophene rings is 1. The van der Waals surface area contributed by atoms with Crippen molar-refractivity contribution in [2.75, 3.05) is 37.2 Å². The number of anilines is 1. The van der Waals surface area contributed by atoms with E-state index in [9.17, 15) is 8.42 Å². The number of piperidine rings is 1. The Kier molecular flexibility index (Phi) is 9.74. The Hall–Kier alpha value is -3.09. The quantitative estimate of drug-likeness (QED) is 0.159. The van der Waals surface area contributed by atoms with Crippen LogP contribution in [-0.4, -0.2) is 61.1 Å². The van der Waals surface area contributed by atoms with Crippen LogP contribution in [0.5, 0.6) is 0 Å². The molecule has 5 heterocycles. The number of likely N-dealkylation sites (tertiary alicyclic amines) is 1. The Bertz CT molecular complexity index is 1680. The topological polar surface area (TPSA) is 91.4 Å². The fourth-order valence-electron chi connectivity index (χ4n) is 5.37. The van der Waals surface area contributed by atoms with Crippen LogP contribution in [0.4, 0.5) is 5.69 Å². The molecule has 1 aliphatic rings. The van der Waals surface area contributed by atoms with Crippen molar-refractivity contribution in [3.63, 3.8) is 0 Å². The van der Waals surface area contributed by atoms with Crippen LogP contribution in [0.2, 0.25) is 0 Å². The third-order valence-corrected chi connectivity index (χ3v) is 11.6. The van der Waals surface area contributed by atoms with E-state index in [1.807, 2.05) is 43.6 Å². The van der Waals surface area contributed by atoms with Crippen LogP contribution in [0.25, 0.3) is 21.6 Å². The number of aromatic nitrogens is 3. The SMILES string of the molecule is C.CCOCCN(c1cccc2cc(-c3ncc(CN4CCC(c5ccccn5)CC4)s3)[nH]c12)S(=O)(=O)c1cccs1. The van der Waals surface area contributed by atoms with Crippen molar-refractivity contribution < 1.29 is 13.2 Å². The molecule has 5 aromatic rings. The molecule has 0 saturated carbocycles. The van der Waals surface area contributed by atoms with E-state index < -0.39 is 10.0 Å². The van der Waals surface area contributed by atoms with Gasteiger partial charge in [-0.15, -0.1) is 22.7 Å². The fraction of sp³-hybridized carbons (Fsp3) is 0.355. The number of hydrogen-bond donors (Lipinski definition) is 1. The van der Waals surface area contributed by atoms with Gasteiger partial charge in [0.1, 0.15) is 9.22 Å². The van der Waals surface area contributed by atoms with Crippen LogP contribution < -0.4 is 4.31 Å². The molecular weight excluding hydrogens is 587 g/mol. The van der Waals surface area contributed by atoms with Crippen LogP contribution in [0.1, 0.15) is 43.7 Å². The summed E-state index contributed by atoms with van der Waals surface area (Å²) in [6, 6.07) is 17.4. The number of nitrogens with zero attached hydrogens (tertiary/aromatic N) is 4. The van der Waals surface area contributed by atoms with Crippen molar-refractivity contribution in [1.82, 2.24) is 19.9 Å². The van der Waals surface area contributed by atoms with Crippen molar-refractivity contribution >= 4 is 49.3 Å². The number of hydrogen-bond acceptors (Lipinski definition) is 8. The monoisotopic (exact) mass is 623 g/mol. The van der Waals surface area contributed by atoms with Crippen LogP contribution in [-0.2, 0) is 21.3 Å². The first-order chi connectivity index (χ1) is 20.0. The molecule has 0 aliphatic carbocycles. The van der Waals surface area contributed by atoms with E-state index in [0.717, 1.165) is 54.1 Å². The lowest BCUT2D eigenvalue weighted by molar-refractivity contribution is 0.156.